The fourth-order valence-corrected chi connectivity index (χ4v) is 6.56. The number of aliphatic carboxylic acids is 1. The maximum atomic E-state index is 12.9. The first-order valence-electron chi connectivity index (χ1n) is 11.7. The molecule has 2 bridgehead atoms. The molecule has 174 valence electrons. The van der Waals surface area contributed by atoms with E-state index in [1.807, 2.05) is 36.4 Å². The van der Waals surface area contributed by atoms with Gasteiger partial charge in [-0.05, 0) is 87.0 Å². The Bertz CT molecular complexity index is 1210. The van der Waals surface area contributed by atoms with Gasteiger partial charge in [0.25, 0.3) is 11.3 Å². The standard InChI is InChI=1S/C26H29NO5S.Na/c28-25(29)10-4-2-1-3-7-20-17-11-12-18(15-17)26(20)27-33(30)32-19-13-14-24-22(16-19)21-8-5-6-9-23(21)31-24;/h1,3,5-6,8-9,13-14,16-18,20,26-27H,2,4,7,10-12,15H2,(H,28,29);/q;+1/p-1/b3-1-;/t17-,18+,20-,26?,33?;/m1./s1. The summed E-state index contributed by atoms with van der Waals surface area (Å²) in [7, 11) is 0. The van der Waals surface area contributed by atoms with Gasteiger partial charge in [0, 0.05) is 22.8 Å². The average molecular weight is 490 g/mol. The monoisotopic (exact) mass is 489 g/mol. The summed E-state index contributed by atoms with van der Waals surface area (Å²) in [6.45, 7) is 0. The summed E-state index contributed by atoms with van der Waals surface area (Å²) in [5.41, 5.74) is 1.60. The van der Waals surface area contributed by atoms with Crippen molar-refractivity contribution in [2.45, 2.75) is 51.0 Å². The Hall–Kier alpha value is -1.64. The first kappa shape index (κ1) is 25.5. The summed E-state index contributed by atoms with van der Waals surface area (Å²) in [6.07, 6.45) is 10.1. The topological polar surface area (TPSA) is 91.6 Å². The number of carbonyl (C=O) groups is 1. The van der Waals surface area contributed by atoms with Crippen molar-refractivity contribution < 1.29 is 52.3 Å². The largest absolute Gasteiger partial charge is 1.00 e. The second kappa shape index (κ2) is 11.4. The molecule has 2 saturated carbocycles. The summed E-state index contributed by atoms with van der Waals surface area (Å²) in [5, 5.41) is 12.5. The van der Waals surface area contributed by atoms with Crippen LogP contribution >= 0.6 is 0 Å². The Kier molecular flexibility index (Phi) is 8.53. The molecule has 2 aliphatic carbocycles. The van der Waals surface area contributed by atoms with Crippen molar-refractivity contribution in [2.75, 3.05) is 0 Å². The van der Waals surface area contributed by atoms with Gasteiger partial charge in [0.1, 0.15) is 16.9 Å². The SMILES string of the molecule is O=C([O-])CCC/C=C\C[C@H]1C(NS(=O)Oc2ccc3oc4ccccc4c3c2)[C@H]2CC[C@@H]1C2.[Na+]. The number of carbonyl (C=O) groups excluding carboxylic acids is 1. The number of para-hydroxylation sites is 1. The van der Waals surface area contributed by atoms with Gasteiger partial charge >= 0.3 is 29.6 Å². The summed E-state index contributed by atoms with van der Waals surface area (Å²) < 4.78 is 27.8. The number of nitrogens with one attached hydrogen (secondary N) is 1. The predicted molar refractivity (Wildman–Crippen MR) is 126 cm³/mol. The molecule has 6 nitrogen and oxygen atoms in total. The van der Waals surface area contributed by atoms with E-state index in [1.54, 1.807) is 6.07 Å². The second-order valence-electron chi connectivity index (χ2n) is 9.19. The van der Waals surface area contributed by atoms with Crippen molar-refractivity contribution in [3.8, 4) is 5.75 Å². The molecule has 0 aliphatic heterocycles. The molecule has 0 radical (unpaired) electrons. The van der Waals surface area contributed by atoms with Crippen molar-refractivity contribution in [3.63, 3.8) is 0 Å². The number of hydrogen-bond acceptors (Lipinski definition) is 5. The van der Waals surface area contributed by atoms with E-state index in [1.165, 1.54) is 19.3 Å². The summed E-state index contributed by atoms with van der Waals surface area (Å²) >= 11 is -1.64. The van der Waals surface area contributed by atoms with E-state index < -0.39 is 17.2 Å². The first-order valence-corrected chi connectivity index (χ1v) is 12.8. The van der Waals surface area contributed by atoms with E-state index in [4.69, 9.17) is 8.60 Å². The molecule has 2 aromatic carbocycles. The molecule has 1 heterocycles. The van der Waals surface area contributed by atoms with Gasteiger partial charge in [-0.1, -0.05) is 30.4 Å². The Balaban J connectivity index is 0.00000274. The second-order valence-corrected chi connectivity index (χ2v) is 10.1. The van der Waals surface area contributed by atoms with Gasteiger partial charge in [0.15, 0.2) is 0 Å². The maximum absolute atomic E-state index is 12.9. The van der Waals surface area contributed by atoms with Gasteiger partial charge < -0.3 is 18.5 Å². The third kappa shape index (κ3) is 5.60. The number of benzene rings is 2. The fourth-order valence-electron chi connectivity index (χ4n) is 5.65. The van der Waals surface area contributed by atoms with Crippen molar-refractivity contribution in [2.24, 2.45) is 17.8 Å². The van der Waals surface area contributed by atoms with Crippen LogP contribution in [-0.2, 0) is 16.1 Å². The predicted octanol–water partition coefficient (Wildman–Crippen LogP) is 1.42. The maximum Gasteiger partial charge on any atom is 1.00 e. The number of allylic oxidation sites excluding steroid dienone is 2. The number of carboxylic acid groups (broad SMARTS) is 1. The van der Waals surface area contributed by atoms with Gasteiger partial charge in [0.2, 0.25) is 0 Å². The normalized spacial score (nSPS) is 24.6. The zero-order chi connectivity index (χ0) is 22.8. The van der Waals surface area contributed by atoms with Crippen LogP contribution in [-0.4, -0.2) is 16.2 Å². The van der Waals surface area contributed by atoms with Gasteiger partial charge in [-0.25, -0.2) is 4.72 Å². The van der Waals surface area contributed by atoms with Crippen LogP contribution < -0.4 is 43.6 Å². The molecule has 0 spiro atoms. The first-order chi connectivity index (χ1) is 16.1. The minimum atomic E-state index is -1.64. The van der Waals surface area contributed by atoms with Gasteiger partial charge in [0.05, 0.1) is 0 Å². The van der Waals surface area contributed by atoms with E-state index >= 15 is 0 Å². The molecule has 5 rings (SSSR count). The van der Waals surface area contributed by atoms with Crippen LogP contribution in [0.5, 0.6) is 5.75 Å². The van der Waals surface area contributed by atoms with E-state index in [2.05, 4.69) is 16.9 Å². The number of carboxylic acids is 1. The fraction of sp³-hybridized carbons (Fsp3) is 0.423. The molecule has 1 aromatic heterocycles. The van der Waals surface area contributed by atoms with Gasteiger partial charge in [-0.15, -0.1) is 0 Å². The molecule has 0 amide bonds. The zero-order valence-corrected chi connectivity index (χ0v) is 22.2. The molecule has 2 unspecified atom stereocenters. The Morgan fingerprint density at radius 3 is 2.76 bits per heavy atom. The molecular formula is C26H28NNaO5S. The molecule has 2 fully saturated rings. The number of hydrogen-bond donors (Lipinski definition) is 1. The van der Waals surface area contributed by atoms with Gasteiger partial charge in [-0.3, -0.25) is 0 Å². The van der Waals surface area contributed by atoms with Crippen LogP contribution in [0.1, 0.15) is 44.9 Å². The van der Waals surface area contributed by atoms with Crippen molar-refractivity contribution >= 4 is 39.2 Å². The minimum absolute atomic E-state index is 0. The molecule has 8 heteroatoms. The average Bonchev–Trinajstić information content (AvgIpc) is 3.49. The van der Waals surface area contributed by atoms with Crippen molar-refractivity contribution in [3.05, 3.63) is 54.6 Å². The van der Waals surface area contributed by atoms with Crippen LogP contribution in [0, 0.1) is 17.8 Å². The molecule has 34 heavy (non-hydrogen) atoms. The summed E-state index contributed by atoms with van der Waals surface area (Å²) in [6, 6.07) is 13.5. The summed E-state index contributed by atoms with van der Waals surface area (Å²) in [5.74, 6) is 1.15. The Morgan fingerprint density at radius 1 is 1.12 bits per heavy atom. The van der Waals surface area contributed by atoms with Crippen LogP contribution in [0.3, 0.4) is 0 Å². The zero-order valence-electron chi connectivity index (χ0n) is 19.4. The smallest absolute Gasteiger partial charge is 0.550 e. The molecule has 0 saturated heterocycles. The molecular weight excluding hydrogens is 461 g/mol. The third-order valence-electron chi connectivity index (χ3n) is 7.17. The number of rotatable bonds is 10. The van der Waals surface area contributed by atoms with Crippen LogP contribution in [0.2, 0.25) is 0 Å². The Labute approximate surface area is 224 Å². The molecule has 3 aromatic rings. The Morgan fingerprint density at radius 2 is 1.91 bits per heavy atom. The molecule has 5 atom stereocenters. The van der Waals surface area contributed by atoms with Crippen LogP contribution in [0.15, 0.2) is 59.0 Å². The van der Waals surface area contributed by atoms with Crippen LogP contribution in [0.25, 0.3) is 21.9 Å². The number of fused-ring (bicyclic) bond motifs is 5. The third-order valence-corrected chi connectivity index (χ3v) is 7.98. The number of furan rings is 1. The molecule has 2 aliphatic rings. The van der Waals surface area contributed by atoms with E-state index in [0.29, 0.717) is 29.9 Å². The van der Waals surface area contributed by atoms with E-state index in [0.717, 1.165) is 34.8 Å². The van der Waals surface area contributed by atoms with Gasteiger partial charge in [-0.2, -0.15) is 4.21 Å². The summed E-state index contributed by atoms with van der Waals surface area (Å²) in [4.78, 5) is 10.5. The van der Waals surface area contributed by atoms with E-state index in [9.17, 15) is 14.1 Å². The quantitative estimate of drug-likeness (QED) is 0.264. The minimum Gasteiger partial charge on any atom is -0.550 e. The number of unbranched alkanes of at least 4 members (excludes halogenated alkanes) is 1. The van der Waals surface area contributed by atoms with Crippen molar-refractivity contribution in [1.82, 2.24) is 4.72 Å². The van der Waals surface area contributed by atoms with E-state index in [-0.39, 0.29) is 42.0 Å². The van der Waals surface area contributed by atoms with Crippen LogP contribution in [0.4, 0.5) is 0 Å². The van der Waals surface area contributed by atoms with Crippen molar-refractivity contribution in [1.29, 1.82) is 0 Å². The molecule has 1 N–H and O–H groups in total.